The number of carbonyl (C=O) groups excluding carboxylic acids is 1. The van der Waals surface area contributed by atoms with Crippen molar-refractivity contribution in [3.05, 3.63) is 30.1 Å². The van der Waals surface area contributed by atoms with Crippen LogP contribution in [0.3, 0.4) is 0 Å². The minimum atomic E-state index is 0.148. The molecule has 0 bridgehead atoms. The zero-order valence-electron chi connectivity index (χ0n) is 13.9. The molecule has 0 radical (unpaired) electrons. The molecule has 1 amide bonds. The van der Waals surface area contributed by atoms with Gasteiger partial charge in [-0.25, -0.2) is 0 Å². The zero-order chi connectivity index (χ0) is 15.8. The third kappa shape index (κ3) is 5.41. The van der Waals surface area contributed by atoms with Gasteiger partial charge in [-0.15, -0.1) is 0 Å². The Morgan fingerprint density at radius 2 is 2.05 bits per heavy atom. The molecule has 4 nitrogen and oxygen atoms in total. The second-order valence-corrected chi connectivity index (χ2v) is 6.42. The maximum atomic E-state index is 12.1. The van der Waals surface area contributed by atoms with Crippen molar-refractivity contribution in [2.45, 2.75) is 52.0 Å². The maximum Gasteiger partial charge on any atom is 0.223 e. The number of piperidine rings is 1. The number of carbonyl (C=O) groups is 1. The number of pyridine rings is 1. The first-order valence-corrected chi connectivity index (χ1v) is 8.60. The fourth-order valence-corrected chi connectivity index (χ4v) is 3.05. The van der Waals surface area contributed by atoms with Gasteiger partial charge in [-0.3, -0.25) is 9.78 Å². The first-order valence-electron chi connectivity index (χ1n) is 8.60. The number of nitrogens with zero attached hydrogens (tertiary/aromatic N) is 2. The Labute approximate surface area is 134 Å². The maximum absolute atomic E-state index is 12.1. The van der Waals surface area contributed by atoms with E-state index in [4.69, 9.17) is 0 Å². The Morgan fingerprint density at radius 3 is 2.68 bits per heavy atom. The van der Waals surface area contributed by atoms with Gasteiger partial charge in [-0.05, 0) is 43.4 Å². The van der Waals surface area contributed by atoms with Crippen LogP contribution in [0.4, 0.5) is 0 Å². The molecule has 1 aromatic rings. The van der Waals surface area contributed by atoms with Gasteiger partial charge < -0.3 is 10.2 Å². The first kappa shape index (κ1) is 16.9. The molecule has 0 saturated carbocycles. The molecule has 0 spiro atoms. The SMILES string of the molecule is CCC[C@@H](C)C(=O)NC1CCN(CCc2ccncc2)CC1. The zero-order valence-corrected chi connectivity index (χ0v) is 13.9. The lowest BCUT2D eigenvalue weighted by atomic mass is 10.0. The van der Waals surface area contributed by atoms with Gasteiger partial charge >= 0.3 is 0 Å². The van der Waals surface area contributed by atoms with Crippen LogP contribution in [0, 0.1) is 5.92 Å². The fourth-order valence-electron chi connectivity index (χ4n) is 3.05. The van der Waals surface area contributed by atoms with E-state index in [1.165, 1.54) is 5.56 Å². The van der Waals surface area contributed by atoms with Gasteiger partial charge in [-0.1, -0.05) is 20.3 Å². The Bertz CT molecular complexity index is 441. The van der Waals surface area contributed by atoms with Crippen molar-refractivity contribution in [1.82, 2.24) is 15.2 Å². The highest BCUT2D eigenvalue weighted by Gasteiger charge is 2.22. The average molecular weight is 303 g/mol. The number of nitrogens with one attached hydrogen (secondary N) is 1. The molecule has 122 valence electrons. The summed E-state index contributed by atoms with van der Waals surface area (Å²) in [6.45, 7) is 7.42. The molecule has 1 fully saturated rings. The molecule has 0 aromatic carbocycles. The lowest BCUT2D eigenvalue weighted by molar-refractivity contribution is -0.125. The summed E-state index contributed by atoms with van der Waals surface area (Å²) >= 11 is 0. The van der Waals surface area contributed by atoms with Crippen molar-refractivity contribution in [2.24, 2.45) is 5.92 Å². The Hall–Kier alpha value is -1.42. The lowest BCUT2D eigenvalue weighted by Crippen LogP contribution is -2.46. The predicted octanol–water partition coefficient (Wildman–Crippen LogP) is 2.64. The fraction of sp³-hybridized carbons (Fsp3) is 0.667. The number of amides is 1. The van der Waals surface area contributed by atoms with Crippen LogP contribution in [0.15, 0.2) is 24.5 Å². The highest BCUT2D eigenvalue weighted by molar-refractivity contribution is 5.78. The van der Waals surface area contributed by atoms with Gasteiger partial charge in [0.2, 0.25) is 5.91 Å². The van der Waals surface area contributed by atoms with Crippen molar-refractivity contribution in [3.8, 4) is 0 Å². The van der Waals surface area contributed by atoms with E-state index in [0.29, 0.717) is 6.04 Å². The van der Waals surface area contributed by atoms with Crippen molar-refractivity contribution in [2.75, 3.05) is 19.6 Å². The van der Waals surface area contributed by atoms with Crippen LogP contribution in [0.25, 0.3) is 0 Å². The van der Waals surface area contributed by atoms with Gasteiger partial charge in [0.1, 0.15) is 0 Å². The van der Waals surface area contributed by atoms with Crippen LogP contribution in [-0.4, -0.2) is 41.5 Å². The molecule has 4 heteroatoms. The summed E-state index contributed by atoms with van der Waals surface area (Å²) in [6, 6.07) is 4.54. The van der Waals surface area contributed by atoms with Crippen LogP contribution < -0.4 is 5.32 Å². The highest BCUT2D eigenvalue weighted by atomic mass is 16.1. The smallest absolute Gasteiger partial charge is 0.223 e. The van der Waals surface area contributed by atoms with Crippen LogP contribution in [0.2, 0.25) is 0 Å². The molecule has 1 saturated heterocycles. The van der Waals surface area contributed by atoms with Gasteiger partial charge in [0.05, 0.1) is 0 Å². The molecule has 1 atom stereocenters. The van der Waals surface area contributed by atoms with Gasteiger partial charge in [-0.2, -0.15) is 0 Å². The minimum absolute atomic E-state index is 0.148. The molecule has 1 aromatic heterocycles. The molecular formula is C18H29N3O. The second kappa shape index (κ2) is 8.89. The predicted molar refractivity (Wildman–Crippen MR) is 89.6 cm³/mol. The largest absolute Gasteiger partial charge is 0.353 e. The van der Waals surface area contributed by atoms with E-state index in [1.54, 1.807) is 0 Å². The van der Waals surface area contributed by atoms with Crippen molar-refractivity contribution in [1.29, 1.82) is 0 Å². The van der Waals surface area contributed by atoms with Crippen molar-refractivity contribution in [3.63, 3.8) is 0 Å². The topological polar surface area (TPSA) is 45.2 Å². The summed E-state index contributed by atoms with van der Waals surface area (Å²) in [5, 5.41) is 3.22. The van der Waals surface area contributed by atoms with Gasteiger partial charge in [0.25, 0.3) is 0 Å². The highest BCUT2D eigenvalue weighted by Crippen LogP contribution is 2.13. The molecule has 0 unspecified atom stereocenters. The van der Waals surface area contributed by atoms with Crippen LogP contribution in [-0.2, 0) is 11.2 Å². The lowest BCUT2D eigenvalue weighted by Gasteiger charge is -2.32. The molecular weight excluding hydrogens is 274 g/mol. The number of hydrogen-bond acceptors (Lipinski definition) is 3. The van der Waals surface area contributed by atoms with Gasteiger partial charge in [0, 0.05) is 44.0 Å². The molecule has 2 heterocycles. The molecule has 1 N–H and O–H groups in total. The number of aromatic nitrogens is 1. The Morgan fingerprint density at radius 1 is 1.36 bits per heavy atom. The van der Waals surface area contributed by atoms with E-state index >= 15 is 0 Å². The number of hydrogen-bond donors (Lipinski definition) is 1. The third-order valence-corrected chi connectivity index (χ3v) is 4.57. The van der Waals surface area contributed by atoms with E-state index in [-0.39, 0.29) is 11.8 Å². The monoisotopic (exact) mass is 303 g/mol. The summed E-state index contributed by atoms with van der Waals surface area (Å²) in [7, 11) is 0. The van der Waals surface area contributed by atoms with Crippen molar-refractivity contribution >= 4 is 5.91 Å². The molecule has 2 rings (SSSR count). The third-order valence-electron chi connectivity index (χ3n) is 4.57. The second-order valence-electron chi connectivity index (χ2n) is 6.42. The van der Waals surface area contributed by atoms with E-state index in [1.807, 2.05) is 19.3 Å². The summed E-state index contributed by atoms with van der Waals surface area (Å²) in [6.07, 6.45) is 8.98. The summed E-state index contributed by atoms with van der Waals surface area (Å²) < 4.78 is 0. The van der Waals surface area contributed by atoms with E-state index in [2.05, 4.69) is 34.3 Å². The van der Waals surface area contributed by atoms with Crippen LogP contribution in [0.5, 0.6) is 0 Å². The minimum Gasteiger partial charge on any atom is -0.353 e. The first-order chi connectivity index (χ1) is 10.7. The van der Waals surface area contributed by atoms with E-state index in [9.17, 15) is 4.79 Å². The summed E-state index contributed by atoms with van der Waals surface area (Å²) in [5.41, 5.74) is 1.35. The van der Waals surface area contributed by atoms with Crippen molar-refractivity contribution < 1.29 is 4.79 Å². The Balaban J connectivity index is 1.66. The summed E-state index contributed by atoms with van der Waals surface area (Å²) in [4.78, 5) is 18.6. The number of likely N-dealkylation sites (tertiary alicyclic amines) is 1. The normalized spacial score (nSPS) is 18.1. The van der Waals surface area contributed by atoms with Gasteiger partial charge in [0.15, 0.2) is 0 Å². The molecule has 22 heavy (non-hydrogen) atoms. The average Bonchev–Trinajstić information content (AvgIpc) is 2.55. The Kier molecular flexibility index (Phi) is 6.84. The summed E-state index contributed by atoms with van der Waals surface area (Å²) in [5.74, 6) is 0.381. The number of rotatable bonds is 7. The van der Waals surface area contributed by atoms with E-state index < -0.39 is 0 Å². The van der Waals surface area contributed by atoms with Crippen LogP contribution in [0.1, 0.15) is 45.1 Å². The van der Waals surface area contributed by atoms with Crippen LogP contribution >= 0.6 is 0 Å². The quantitative estimate of drug-likeness (QED) is 0.842. The standard InChI is InChI=1S/C18H29N3O/c1-3-4-15(2)18(22)20-17-8-13-21(14-9-17)12-7-16-5-10-19-11-6-16/h5-6,10-11,15,17H,3-4,7-9,12-14H2,1-2H3,(H,20,22)/t15-/m1/s1. The molecule has 0 aliphatic carbocycles. The molecule has 1 aliphatic rings. The molecule has 1 aliphatic heterocycles. The van der Waals surface area contributed by atoms with E-state index in [0.717, 1.165) is 51.7 Å².